The van der Waals surface area contributed by atoms with E-state index in [2.05, 4.69) is 204 Å². The fourth-order valence-corrected chi connectivity index (χ4v) is 7.70. The molecule has 0 aliphatic carbocycles. The van der Waals surface area contributed by atoms with Gasteiger partial charge < -0.3 is 14.2 Å². The van der Waals surface area contributed by atoms with Crippen LogP contribution >= 0.6 is 0 Å². The molecular weight excluding hydrogens is 695 g/mol. The first-order valence-electron chi connectivity index (χ1n) is 19.2. The minimum Gasteiger partial charge on any atom is -0.436 e. The van der Waals surface area contributed by atoms with Gasteiger partial charge in [0.1, 0.15) is 5.52 Å². The van der Waals surface area contributed by atoms with Crippen LogP contribution in [0.25, 0.3) is 55.6 Å². The summed E-state index contributed by atoms with van der Waals surface area (Å²) in [6.45, 7) is 0. The predicted molar refractivity (Wildman–Crippen MR) is 237 cm³/mol. The van der Waals surface area contributed by atoms with Crippen molar-refractivity contribution in [3.05, 3.63) is 224 Å². The van der Waals surface area contributed by atoms with Gasteiger partial charge in [0.2, 0.25) is 5.89 Å². The lowest BCUT2D eigenvalue weighted by Crippen LogP contribution is -2.12. The molecule has 0 bridgehead atoms. The third-order valence-electron chi connectivity index (χ3n) is 10.5. The lowest BCUT2D eigenvalue weighted by molar-refractivity contribution is 0.620. The van der Waals surface area contributed by atoms with Crippen LogP contribution in [0.2, 0.25) is 0 Å². The summed E-state index contributed by atoms with van der Waals surface area (Å²) in [5.74, 6) is 0.583. The topological polar surface area (TPSA) is 32.5 Å². The lowest BCUT2D eigenvalue weighted by Gasteiger charge is -2.28. The van der Waals surface area contributed by atoms with Gasteiger partial charge in [-0.3, -0.25) is 0 Å². The van der Waals surface area contributed by atoms with Gasteiger partial charge in [-0.2, -0.15) is 0 Å². The first-order valence-corrected chi connectivity index (χ1v) is 19.2. The second-order valence-corrected chi connectivity index (χ2v) is 14.0. The number of fused-ring (bicyclic) bond motifs is 2. The van der Waals surface area contributed by atoms with Crippen molar-refractivity contribution < 1.29 is 4.42 Å². The van der Waals surface area contributed by atoms with Crippen molar-refractivity contribution in [1.29, 1.82) is 0 Å². The lowest BCUT2D eigenvalue weighted by atomic mass is 10.0. The smallest absolute Gasteiger partial charge is 0.227 e. The van der Waals surface area contributed by atoms with Crippen LogP contribution in [0.5, 0.6) is 0 Å². The Morgan fingerprint density at radius 2 is 0.737 bits per heavy atom. The monoisotopic (exact) mass is 731 g/mol. The molecule has 0 aliphatic heterocycles. The van der Waals surface area contributed by atoms with E-state index in [0.29, 0.717) is 11.5 Å². The van der Waals surface area contributed by atoms with E-state index in [1.54, 1.807) is 0 Å². The standard InChI is InChI=1S/C53H37N3O/c1-6-16-38(17-7-1)40-26-30-46(31-27-40)55(44-22-12-4-13-23-44)48-34-35-49-43(36-48)37-50-51(54-53(57-50)42-20-10-3-11-21-42)52(49)56(45-24-14-5-15-25-45)47-32-28-41(29-33-47)39-18-8-2-9-19-39/h1-37H. The third kappa shape index (κ3) is 6.60. The largest absolute Gasteiger partial charge is 0.436 e. The van der Waals surface area contributed by atoms with Gasteiger partial charge in [0.05, 0.1) is 5.69 Å². The first kappa shape index (κ1) is 33.8. The molecular formula is C53H37N3O. The molecule has 10 aromatic rings. The summed E-state index contributed by atoms with van der Waals surface area (Å²) in [5, 5.41) is 2.09. The summed E-state index contributed by atoms with van der Waals surface area (Å²) in [4.78, 5) is 9.86. The molecule has 0 fully saturated rings. The van der Waals surface area contributed by atoms with Gasteiger partial charge in [-0.15, -0.1) is 0 Å². The maximum Gasteiger partial charge on any atom is 0.227 e. The number of anilines is 6. The highest BCUT2D eigenvalue weighted by Gasteiger charge is 2.24. The zero-order chi connectivity index (χ0) is 38.0. The second-order valence-electron chi connectivity index (χ2n) is 14.0. The van der Waals surface area contributed by atoms with Crippen LogP contribution in [0.3, 0.4) is 0 Å². The molecule has 0 N–H and O–H groups in total. The number of benzene rings is 9. The van der Waals surface area contributed by atoms with Crippen LogP contribution in [-0.2, 0) is 0 Å². The average molecular weight is 732 g/mol. The zero-order valence-electron chi connectivity index (χ0n) is 31.1. The number of aromatic nitrogens is 1. The summed E-state index contributed by atoms with van der Waals surface area (Å²) in [5.41, 5.74) is 13.3. The van der Waals surface area contributed by atoms with Crippen molar-refractivity contribution in [3.63, 3.8) is 0 Å². The van der Waals surface area contributed by atoms with Crippen molar-refractivity contribution >= 4 is 56.0 Å². The maximum absolute atomic E-state index is 6.68. The molecule has 0 unspecified atom stereocenters. The fourth-order valence-electron chi connectivity index (χ4n) is 7.70. The number of hydrogen-bond acceptors (Lipinski definition) is 4. The van der Waals surface area contributed by atoms with E-state index in [1.165, 1.54) is 16.7 Å². The van der Waals surface area contributed by atoms with Crippen molar-refractivity contribution in [2.24, 2.45) is 0 Å². The molecule has 4 nitrogen and oxygen atoms in total. The predicted octanol–water partition coefficient (Wildman–Crippen LogP) is 14.9. The highest BCUT2D eigenvalue weighted by Crippen LogP contribution is 2.46. The molecule has 4 heteroatoms. The molecule has 0 saturated heterocycles. The summed E-state index contributed by atoms with van der Waals surface area (Å²) >= 11 is 0. The van der Waals surface area contributed by atoms with E-state index >= 15 is 0 Å². The molecule has 1 aromatic heterocycles. The number of nitrogens with zero attached hydrogens (tertiary/aromatic N) is 3. The molecule has 270 valence electrons. The van der Waals surface area contributed by atoms with Crippen molar-refractivity contribution in [2.45, 2.75) is 0 Å². The van der Waals surface area contributed by atoms with Gasteiger partial charge in [0, 0.05) is 39.4 Å². The second kappa shape index (κ2) is 14.9. The van der Waals surface area contributed by atoms with Crippen LogP contribution in [0.15, 0.2) is 229 Å². The quantitative estimate of drug-likeness (QED) is 0.148. The van der Waals surface area contributed by atoms with E-state index in [0.717, 1.165) is 61.5 Å². The van der Waals surface area contributed by atoms with E-state index in [-0.39, 0.29) is 0 Å². The van der Waals surface area contributed by atoms with Gasteiger partial charge in [-0.05, 0) is 107 Å². The Hall–Kier alpha value is -7.69. The van der Waals surface area contributed by atoms with Crippen LogP contribution in [0, 0.1) is 0 Å². The SMILES string of the molecule is c1ccc(-c2ccc(N(c3ccccc3)c3ccc4c(N(c5ccccc5)c5ccc(-c6ccccc6)cc5)c5nc(-c6ccccc6)oc5cc4c3)cc2)cc1. The minimum absolute atomic E-state index is 0.583. The summed E-state index contributed by atoms with van der Waals surface area (Å²) in [6, 6.07) is 78.6. The molecule has 9 aromatic carbocycles. The third-order valence-corrected chi connectivity index (χ3v) is 10.5. The van der Waals surface area contributed by atoms with Gasteiger partial charge in [0.15, 0.2) is 5.58 Å². The molecule has 57 heavy (non-hydrogen) atoms. The first-order chi connectivity index (χ1) is 28.3. The number of rotatable bonds is 9. The highest BCUT2D eigenvalue weighted by atomic mass is 16.3. The van der Waals surface area contributed by atoms with Crippen LogP contribution < -0.4 is 9.80 Å². The molecule has 0 spiro atoms. The van der Waals surface area contributed by atoms with E-state index in [9.17, 15) is 0 Å². The summed E-state index contributed by atoms with van der Waals surface area (Å²) in [7, 11) is 0. The molecule has 0 aliphatic rings. The Morgan fingerprint density at radius 3 is 1.26 bits per heavy atom. The van der Waals surface area contributed by atoms with Gasteiger partial charge in [0.25, 0.3) is 0 Å². The molecule has 0 amide bonds. The summed E-state index contributed by atoms with van der Waals surface area (Å²) < 4.78 is 6.68. The van der Waals surface area contributed by atoms with Crippen molar-refractivity contribution in [2.75, 3.05) is 9.80 Å². The Balaban J connectivity index is 1.18. The maximum atomic E-state index is 6.68. The number of hydrogen-bond donors (Lipinski definition) is 0. The van der Waals surface area contributed by atoms with E-state index in [1.807, 2.05) is 30.3 Å². The Morgan fingerprint density at radius 1 is 0.333 bits per heavy atom. The number of para-hydroxylation sites is 2. The van der Waals surface area contributed by atoms with Crippen LogP contribution in [-0.4, -0.2) is 4.98 Å². The van der Waals surface area contributed by atoms with Crippen LogP contribution in [0.1, 0.15) is 0 Å². The van der Waals surface area contributed by atoms with Gasteiger partial charge >= 0.3 is 0 Å². The molecule has 0 atom stereocenters. The summed E-state index contributed by atoms with van der Waals surface area (Å²) in [6.07, 6.45) is 0. The highest BCUT2D eigenvalue weighted by molar-refractivity contribution is 6.13. The van der Waals surface area contributed by atoms with Crippen molar-refractivity contribution in [3.8, 4) is 33.7 Å². The van der Waals surface area contributed by atoms with Gasteiger partial charge in [-0.1, -0.05) is 146 Å². The normalized spacial score (nSPS) is 11.2. The average Bonchev–Trinajstić information content (AvgIpc) is 3.72. The molecule has 0 radical (unpaired) electrons. The van der Waals surface area contributed by atoms with Crippen molar-refractivity contribution in [1.82, 2.24) is 4.98 Å². The van der Waals surface area contributed by atoms with Crippen LogP contribution in [0.4, 0.5) is 34.1 Å². The van der Waals surface area contributed by atoms with Gasteiger partial charge in [-0.25, -0.2) is 4.98 Å². The van der Waals surface area contributed by atoms with E-state index in [4.69, 9.17) is 9.40 Å². The number of oxazole rings is 1. The molecule has 10 rings (SSSR count). The fraction of sp³-hybridized carbons (Fsp3) is 0. The molecule has 0 saturated carbocycles. The Kier molecular flexibility index (Phi) is 8.82. The van der Waals surface area contributed by atoms with E-state index < -0.39 is 0 Å². The Bertz CT molecular complexity index is 2910. The minimum atomic E-state index is 0.583. The Labute approximate surface area is 332 Å². The molecule has 1 heterocycles. The zero-order valence-corrected chi connectivity index (χ0v) is 31.1.